The second kappa shape index (κ2) is 8.35. The Labute approximate surface area is 138 Å². The van der Waals surface area contributed by atoms with Crippen molar-refractivity contribution in [3.63, 3.8) is 0 Å². The molecule has 0 aliphatic carbocycles. The van der Waals surface area contributed by atoms with Gasteiger partial charge in [-0.15, -0.1) is 12.4 Å². The van der Waals surface area contributed by atoms with Crippen LogP contribution in [0, 0.1) is 5.92 Å². The lowest BCUT2D eigenvalue weighted by Crippen LogP contribution is -2.46. The summed E-state index contributed by atoms with van der Waals surface area (Å²) in [4.78, 5) is 2.58. The second-order valence-corrected chi connectivity index (χ2v) is 6.20. The van der Waals surface area contributed by atoms with Gasteiger partial charge in [-0.3, -0.25) is 4.90 Å². The number of benzene rings is 1. The largest absolute Gasteiger partial charge is 0.381 e. The molecule has 1 aromatic carbocycles. The molecule has 1 N–H and O–H groups in total. The Morgan fingerprint density at radius 1 is 1.33 bits per heavy atom. The van der Waals surface area contributed by atoms with Crippen LogP contribution in [0.3, 0.4) is 0 Å². The van der Waals surface area contributed by atoms with Gasteiger partial charge >= 0.3 is 0 Å². The smallest absolute Gasteiger partial charge is 0.0495 e. The zero-order valence-corrected chi connectivity index (χ0v) is 13.8. The van der Waals surface area contributed by atoms with E-state index in [1.165, 1.54) is 18.4 Å². The average molecular weight is 331 g/mol. The van der Waals surface area contributed by atoms with E-state index in [1.54, 1.807) is 0 Å². The molecule has 2 atom stereocenters. The Morgan fingerprint density at radius 2 is 2.19 bits per heavy atom. The molecule has 118 valence electrons. The van der Waals surface area contributed by atoms with E-state index in [9.17, 15) is 0 Å². The SMILES string of the molecule is Cl.Clc1ccccc1C1CNCCN1CCC1CCOC1. The summed E-state index contributed by atoms with van der Waals surface area (Å²) in [5, 5.41) is 4.38. The van der Waals surface area contributed by atoms with Gasteiger partial charge in [0.1, 0.15) is 0 Å². The molecular weight excluding hydrogens is 307 g/mol. The van der Waals surface area contributed by atoms with Gasteiger partial charge in [0.15, 0.2) is 0 Å². The molecule has 0 bridgehead atoms. The number of nitrogens with zero attached hydrogens (tertiary/aromatic N) is 1. The monoisotopic (exact) mass is 330 g/mol. The number of piperazine rings is 1. The Balaban J connectivity index is 0.00000161. The Bertz CT molecular complexity index is 438. The number of halogens is 2. The van der Waals surface area contributed by atoms with E-state index in [4.69, 9.17) is 16.3 Å². The summed E-state index contributed by atoms with van der Waals surface area (Å²) < 4.78 is 5.48. The fourth-order valence-corrected chi connectivity index (χ4v) is 3.49. The molecule has 2 aliphatic heterocycles. The van der Waals surface area contributed by atoms with Crippen molar-refractivity contribution in [1.29, 1.82) is 0 Å². The van der Waals surface area contributed by atoms with Crippen LogP contribution < -0.4 is 5.32 Å². The molecule has 2 saturated heterocycles. The van der Waals surface area contributed by atoms with Gasteiger partial charge < -0.3 is 10.1 Å². The minimum Gasteiger partial charge on any atom is -0.381 e. The molecule has 0 spiro atoms. The molecule has 3 nitrogen and oxygen atoms in total. The maximum Gasteiger partial charge on any atom is 0.0495 e. The van der Waals surface area contributed by atoms with Crippen molar-refractivity contribution in [2.24, 2.45) is 5.92 Å². The summed E-state index contributed by atoms with van der Waals surface area (Å²) in [6.07, 6.45) is 2.46. The van der Waals surface area contributed by atoms with Crippen LogP contribution in [-0.2, 0) is 4.74 Å². The van der Waals surface area contributed by atoms with Crippen molar-refractivity contribution < 1.29 is 4.74 Å². The highest BCUT2D eigenvalue weighted by atomic mass is 35.5. The molecule has 1 aromatic rings. The molecule has 3 rings (SSSR count). The van der Waals surface area contributed by atoms with Gasteiger partial charge in [0.2, 0.25) is 0 Å². The fourth-order valence-electron chi connectivity index (χ4n) is 3.23. The fraction of sp³-hybridized carbons (Fsp3) is 0.625. The van der Waals surface area contributed by atoms with Crippen LogP contribution in [0.2, 0.25) is 5.02 Å². The summed E-state index contributed by atoms with van der Waals surface area (Å²) in [6.45, 7) is 6.20. The zero-order chi connectivity index (χ0) is 13.8. The third-order valence-electron chi connectivity index (χ3n) is 4.47. The minimum absolute atomic E-state index is 0. The summed E-state index contributed by atoms with van der Waals surface area (Å²) in [6, 6.07) is 8.64. The first kappa shape index (κ1) is 17.0. The second-order valence-electron chi connectivity index (χ2n) is 5.80. The van der Waals surface area contributed by atoms with Gasteiger partial charge in [0.05, 0.1) is 0 Å². The number of hydrogen-bond acceptors (Lipinski definition) is 3. The van der Waals surface area contributed by atoms with Crippen LogP contribution in [-0.4, -0.2) is 44.3 Å². The molecule has 0 aromatic heterocycles. The maximum atomic E-state index is 6.38. The minimum atomic E-state index is 0. The molecule has 0 saturated carbocycles. The van der Waals surface area contributed by atoms with Crippen LogP contribution in [0.5, 0.6) is 0 Å². The normalized spacial score (nSPS) is 26.5. The van der Waals surface area contributed by atoms with Crippen molar-refractivity contribution in [1.82, 2.24) is 10.2 Å². The van der Waals surface area contributed by atoms with Gasteiger partial charge in [0, 0.05) is 43.9 Å². The first-order chi connectivity index (χ1) is 9.84. The number of nitrogens with one attached hydrogen (secondary N) is 1. The van der Waals surface area contributed by atoms with E-state index < -0.39 is 0 Å². The van der Waals surface area contributed by atoms with Crippen LogP contribution in [0.25, 0.3) is 0 Å². The molecule has 2 fully saturated rings. The molecule has 2 unspecified atom stereocenters. The summed E-state index contributed by atoms with van der Waals surface area (Å²) in [5.41, 5.74) is 1.25. The highest BCUT2D eigenvalue weighted by molar-refractivity contribution is 6.31. The highest BCUT2D eigenvalue weighted by Crippen LogP contribution is 2.29. The van der Waals surface area contributed by atoms with Crippen molar-refractivity contribution >= 4 is 24.0 Å². The van der Waals surface area contributed by atoms with E-state index >= 15 is 0 Å². The quantitative estimate of drug-likeness (QED) is 0.917. The number of hydrogen-bond donors (Lipinski definition) is 1. The van der Waals surface area contributed by atoms with Crippen LogP contribution >= 0.6 is 24.0 Å². The van der Waals surface area contributed by atoms with Crippen molar-refractivity contribution in [3.05, 3.63) is 34.9 Å². The van der Waals surface area contributed by atoms with Gasteiger partial charge in [-0.2, -0.15) is 0 Å². The summed E-state index contributed by atoms with van der Waals surface area (Å²) >= 11 is 6.38. The van der Waals surface area contributed by atoms with Crippen LogP contribution in [0.15, 0.2) is 24.3 Å². The molecule has 21 heavy (non-hydrogen) atoms. The third-order valence-corrected chi connectivity index (χ3v) is 4.81. The van der Waals surface area contributed by atoms with E-state index in [-0.39, 0.29) is 12.4 Å². The molecule has 2 heterocycles. The van der Waals surface area contributed by atoms with Gasteiger partial charge in [-0.1, -0.05) is 29.8 Å². The Morgan fingerprint density at radius 3 is 2.95 bits per heavy atom. The lowest BCUT2D eigenvalue weighted by Gasteiger charge is -2.37. The van der Waals surface area contributed by atoms with Crippen LogP contribution in [0.4, 0.5) is 0 Å². The predicted molar refractivity (Wildman–Crippen MR) is 89.4 cm³/mol. The van der Waals surface area contributed by atoms with Crippen molar-refractivity contribution in [2.75, 3.05) is 39.4 Å². The standard InChI is InChI=1S/C16H23ClN2O.ClH/c17-15-4-2-1-3-14(15)16-11-18-7-9-19(16)8-5-13-6-10-20-12-13;/h1-4,13,16,18H,5-12H2;1H. The molecule has 5 heteroatoms. The van der Waals surface area contributed by atoms with Gasteiger partial charge in [0.25, 0.3) is 0 Å². The van der Waals surface area contributed by atoms with Crippen molar-refractivity contribution in [3.8, 4) is 0 Å². The first-order valence-corrected chi connectivity index (χ1v) is 7.99. The van der Waals surface area contributed by atoms with Crippen molar-refractivity contribution in [2.45, 2.75) is 18.9 Å². The Hall–Kier alpha value is -0.320. The van der Waals surface area contributed by atoms with Gasteiger partial charge in [-0.05, 0) is 36.9 Å². The summed E-state index contributed by atoms with van der Waals surface area (Å²) in [5.74, 6) is 0.747. The van der Waals surface area contributed by atoms with Crippen LogP contribution in [0.1, 0.15) is 24.4 Å². The number of rotatable bonds is 4. The lowest BCUT2D eigenvalue weighted by atomic mass is 10.0. The highest BCUT2D eigenvalue weighted by Gasteiger charge is 2.26. The first-order valence-electron chi connectivity index (χ1n) is 7.61. The van der Waals surface area contributed by atoms with Gasteiger partial charge in [-0.25, -0.2) is 0 Å². The Kier molecular flexibility index (Phi) is 6.77. The van der Waals surface area contributed by atoms with E-state index in [0.717, 1.165) is 50.3 Å². The zero-order valence-electron chi connectivity index (χ0n) is 12.3. The predicted octanol–water partition coefficient (Wildman–Crippen LogP) is 3.13. The maximum absolute atomic E-state index is 6.38. The third kappa shape index (κ3) is 4.33. The average Bonchev–Trinajstić information content (AvgIpc) is 2.99. The molecular formula is C16H24Cl2N2O. The number of ether oxygens (including phenoxy) is 1. The molecule has 0 amide bonds. The molecule has 0 radical (unpaired) electrons. The topological polar surface area (TPSA) is 24.5 Å². The van der Waals surface area contributed by atoms with E-state index in [0.29, 0.717) is 6.04 Å². The van der Waals surface area contributed by atoms with E-state index in [2.05, 4.69) is 22.3 Å². The lowest BCUT2D eigenvalue weighted by molar-refractivity contribution is 0.143. The molecule has 2 aliphatic rings. The van der Waals surface area contributed by atoms with E-state index in [1.807, 2.05) is 12.1 Å². The summed E-state index contributed by atoms with van der Waals surface area (Å²) in [7, 11) is 0.